The molecule has 0 radical (unpaired) electrons. The summed E-state index contributed by atoms with van der Waals surface area (Å²) in [4.78, 5) is 24.6. The van der Waals surface area contributed by atoms with Crippen LogP contribution in [-0.4, -0.2) is 56.6 Å². The third kappa shape index (κ3) is 10.3. The molecule has 0 aromatic heterocycles. The third-order valence-corrected chi connectivity index (χ3v) is 3.02. The van der Waals surface area contributed by atoms with E-state index in [0.717, 1.165) is 19.4 Å². The number of rotatable bonds is 9. The molecule has 112 valence electrons. The lowest BCUT2D eigenvalue weighted by Gasteiger charge is -2.20. The second-order valence-electron chi connectivity index (χ2n) is 4.89. The Morgan fingerprint density at radius 2 is 1.74 bits per heavy atom. The van der Waals surface area contributed by atoms with E-state index in [1.807, 2.05) is 0 Å². The van der Waals surface area contributed by atoms with E-state index >= 15 is 0 Å². The van der Waals surface area contributed by atoms with Crippen LogP contribution < -0.4 is 16.0 Å². The van der Waals surface area contributed by atoms with Crippen LogP contribution in [0, 0.1) is 0 Å². The summed E-state index contributed by atoms with van der Waals surface area (Å²) >= 11 is 0. The number of carbonyl (C=O) groups is 2. The van der Waals surface area contributed by atoms with Gasteiger partial charge in [0, 0.05) is 32.6 Å². The van der Waals surface area contributed by atoms with Gasteiger partial charge in [-0.3, -0.25) is 4.79 Å². The molecule has 0 bridgehead atoms. The van der Waals surface area contributed by atoms with Crippen molar-refractivity contribution in [3.63, 3.8) is 0 Å². The molecule has 0 fully saturated rings. The van der Waals surface area contributed by atoms with Crippen molar-refractivity contribution in [1.29, 1.82) is 0 Å². The van der Waals surface area contributed by atoms with Crippen LogP contribution in [0.25, 0.3) is 0 Å². The number of hydrogen-bond donors (Lipinski definition) is 3. The highest BCUT2D eigenvalue weighted by molar-refractivity contribution is 5.77. The molecule has 0 aliphatic carbocycles. The molecular formula is C13H28N4O2. The summed E-state index contributed by atoms with van der Waals surface area (Å²) in [5.41, 5.74) is 0. The molecule has 19 heavy (non-hydrogen) atoms. The molecular weight excluding hydrogens is 244 g/mol. The lowest BCUT2D eigenvalue weighted by Crippen LogP contribution is -2.38. The Labute approximate surface area is 116 Å². The molecule has 0 aromatic rings. The summed E-state index contributed by atoms with van der Waals surface area (Å²) in [6.07, 6.45) is 2.33. The summed E-state index contributed by atoms with van der Waals surface area (Å²) in [7, 11) is 3.68. The zero-order valence-electron chi connectivity index (χ0n) is 12.6. The monoisotopic (exact) mass is 272 g/mol. The highest BCUT2D eigenvalue weighted by atomic mass is 16.2. The average Bonchev–Trinajstić information content (AvgIpc) is 2.37. The Kier molecular flexibility index (Phi) is 9.88. The third-order valence-electron chi connectivity index (χ3n) is 3.02. The SMILES string of the molecule is CNC(=O)CCNC(=O)NCCCCN(C)C(C)C. The maximum absolute atomic E-state index is 11.4. The summed E-state index contributed by atoms with van der Waals surface area (Å²) in [6, 6.07) is 0.349. The number of nitrogens with one attached hydrogen (secondary N) is 3. The molecule has 3 amide bonds. The van der Waals surface area contributed by atoms with E-state index in [1.165, 1.54) is 0 Å². The minimum absolute atomic E-state index is 0.0722. The normalized spacial score (nSPS) is 10.6. The van der Waals surface area contributed by atoms with Crippen LogP contribution in [0.2, 0.25) is 0 Å². The Balaban J connectivity index is 3.41. The van der Waals surface area contributed by atoms with E-state index in [4.69, 9.17) is 0 Å². The molecule has 0 unspecified atom stereocenters. The molecule has 3 N–H and O–H groups in total. The van der Waals surface area contributed by atoms with Crippen LogP contribution >= 0.6 is 0 Å². The summed E-state index contributed by atoms with van der Waals surface area (Å²) < 4.78 is 0. The maximum Gasteiger partial charge on any atom is 0.314 e. The summed E-state index contributed by atoms with van der Waals surface area (Å²) in [6.45, 7) is 6.40. The van der Waals surface area contributed by atoms with Crippen LogP contribution in [0.15, 0.2) is 0 Å². The molecule has 0 atom stereocenters. The Hall–Kier alpha value is -1.30. The molecule has 0 aliphatic rings. The Bertz CT molecular complexity index is 269. The second-order valence-corrected chi connectivity index (χ2v) is 4.89. The topological polar surface area (TPSA) is 73.5 Å². The van der Waals surface area contributed by atoms with Crippen LogP contribution in [0.1, 0.15) is 33.1 Å². The molecule has 0 aliphatic heterocycles. The molecule has 6 nitrogen and oxygen atoms in total. The van der Waals surface area contributed by atoms with Gasteiger partial charge in [0.05, 0.1) is 0 Å². The highest BCUT2D eigenvalue weighted by Crippen LogP contribution is 1.97. The minimum Gasteiger partial charge on any atom is -0.359 e. The van der Waals surface area contributed by atoms with Gasteiger partial charge in [0.2, 0.25) is 5.91 Å². The van der Waals surface area contributed by atoms with Gasteiger partial charge in [0.25, 0.3) is 0 Å². The fourth-order valence-electron chi connectivity index (χ4n) is 1.42. The zero-order chi connectivity index (χ0) is 14.7. The second kappa shape index (κ2) is 10.6. The predicted molar refractivity (Wildman–Crippen MR) is 77.1 cm³/mol. The molecule has 0 heterocycles. The number of carbonyl (C=O) groups excluding carboxylic acids is 2. The van der Waals surface area contributed by atoms with Crippen molar-refractivity contribution in [3.8, 4) is 0 Å². The molecule has 0 rings (SSSR count). The van der Waals surface area contributed by atoms with Crippen molar-refractivity contribution in [2.24, 2.45) is 0 Å². The van der Waals surface area contributed by atoms with E-state index in [2.05, 4.69) is 41.7 Å². The van der Waals surface area contributed by atoms with Gasteiger partial charge in [-0.15, -0.1) is 0 Å². The van der Waals surface area contributed by atoms with E-state index in [0.29, 0.717) is 25.6 Å². The molecule has 0 aromatic carbocycles. The lowest BCUT2D eigenvalue weighted by molar-refractivity contribution is -0.120. The van der Waals surface area contributed by atoms with E-state index in [-0.39, 0.29) is 11.9 Å². The van der Waals surface area contributed by atoms with E-state index in [1.54, 1.807) is 7.05 Å². The first-order chi connectivity index (χ1) is 8.97. The first-order valence-electron chi connectivity index (χ1n) is 6.90. The predicted octanol–water partition coefficient (Wildman–Crippen LogP) is 0.542. The number of unbranched alkanes of at least 4 members (excludes halogenated alkanes) is 1. The summed E-state index contributed by atoms with van der Waals surface area (Å²) in [5.74, 6) is -0.0722. The number of urea groups is 1. The van der Waals surface area contributed by atoms with Crippen molar-refractivity contribution >= 4 is 11.9 Å². The van der Waals surface area contributed by atoms with Gasteiger partial charge in [0.15, 0.2) is 0 Å². The van der Waals surface area contributed by atoms with Crippen molar-refractivity contribution in [2.45, 2.75) is 39.2 Å². The fraction of sp³-hybridized carbons (Fsp3) is 0.846. The molecule has 6 heteroatoms. The van der Waals surface area contributed by atoms with Crippen molar-refractivity contribution in [1.82, 2.24) is 20.9 Å². The van der Waals surface area contributed by atoms with Crippen LogP contribution in [-0.2, 0) is 4.79 Å². The van der Waals surface area contributed by atoms with Gasteiger partial charge in [0.1, 0.15) is 0 Å². The van der Waals surface area contributed by atoms with Crippen LogP contribution in [0.4, 0.5) is 4.79 Å². The average molecular weight is 272 g/mol. The lowest BCUT2D eigenvalue weighted by atomic mass is 10.2. The van der Waals surface area contributed by atoms with Gasteiger partial charge in [-0.25, -0.2) is 4.79 Å². The van der Waals surface area contributed by atoms with Crippen LogP contribution in [0.3, 0.4) is 0 Å². The van der Waals surface area contributed by atoms with Gasteiger partial charge < -0.3 is 20.9 Å². The number of amides is 3. The Morgan fingerprint density at radius 1 is 1.11 bits per heavy atom. The van der Waals surface area contributed by atoms with E-state index in [9.17, 15) is 9.59 Å². The van der Waals surface area contributed by atoms with Gasteiger partial charge in [-0.05, 0) is 40.3 Å². The Morgan fingerprint density at radius 3 is 2.32 bits per heavy atom. The van der Waals surface area contributed by atoms with Gasteiger partial charge in [-0.2, -0.15) is 0 Å². The van der Waals surface area contributed by atoms with Gasteiger partial charge in [-0.1, -0.05) is 0 Å². The van der Waals surface area contributed by atoms with Crippen molar-refractivity contribution < 1.29 is 9.59 Å². The number of hydrogen-bond acceptors (Lipinski definition) is 3. The zero-order valence-corrected chi connectivity index (χ0v) is 12.6. The first-order valence-corrected chi connectivity index (χ1v) is 6.90. The fourth-order valence-corrected chi connectivity index (χ4v) is 1.42. The van der Waals surface area contributed by atoms with Crippen molar-refractivity contribution in [3.05, 3.63) is 0 Å². The van der Waals surface area contributed by atoms with Crippen molar-refractivity contribution in [2.75, 3.05) is 33.7 Å². The number of nitrogens with zero attached hydrogens (tertiary/aromatic N) is 1. The smallest absolute Gasteiger partial charge is 0.314 e. The molecule has 0 saturated carbocycles. The maximum atomic E-state index is 11.4. The standard InChI is InChI=1S/C13H28N4O2/c1-11(2)17(4)10-6-5-8-15-13(19)16-9-7-12(18)14-3/h11H,5-10H2,1-4H3,(H,14,18)(H2,15,16,19). The molecule has 0 saturated heterocycles. The highest BCUT2D eigenvalue weighted by Gasteiger charge is 2.03. The molecule has 0 spiro atoms. The van der Waals surface area contributed by atoms with Crippen LogP contribution in [0.5, 0.6) is 0 Å². The first kappa shape index (κ1) is 17.7. The van der Waals surface area contributed by atoms with E-state index < -0.39 is 0 Å². The largest absolute Gasteiger partial charge is 0.359 e. The quantitative estimate of drug-likeness (QED) is 0.536. The summed E-state index contributed by atoms with van der Waals surface area (Å²) in [5, 5.41) is 7.92. The minimum atomic E-state index is -0.207. The van der Waals surface area contributed by atoms with Gasteiger partial charge >= 0.3 is 6.03 Å².